The fourth-order valence-corrected chi connectivity index (χ4v) is 1.82. The molecule has 0 radical (unpaired) electrons. The first-order chi connectivity index (χ1) is 9.11. The number of aliphatic hydroxyl groups excluding tert-OH is 1. The highest BCUT2D eigenvalue weighted by molar-refractivity contribution is 5.99. The Morgan fingerprint density at radius 2 is 2.11 bits per heavy atom. The number of aromatic amines is 1. The second kappa shape index (κ2) is 5.53. The number of fused-ring (bicyclic) bond motifs is 1. The van der Waals surface area contributed by atoms with Crippen LogP contribution in [0, 0.1) is 0 Å². The molecule has 1 amide bonds. The van der Waals surface area contributed by atoms with Crippen LogP contribution in [0.1, 0.15) is 16.8 Å². The first-order valence-electron chi connectivity index (χ1n) is 5.83. The summed E-state index contributed by atoms with van der Waals surface area (Å²) in [5.41, 5.74) is 1.18. The van der Waals surface area contributed by atoms with Gasteiger partial charge in [0.15, 0.2) is 0 Å². The molecular formula is C13H14N2O4. The number of aliphatic hydroxyl groups is 1. The average molecular weight is 262 g/mol. The summed E-state index contributed by atoms with van der Waals surface area (Å²) in [5.74, 6) is -1.64. The van der Waals surface area contributed by atoms with E-state index < -0.39 is 17.9 Å². The van der Waals surface area contributed by atoms with Crippen LogP contribution in [0.25, 0.3) is 10.9 Å². The summed E-state index contributed by atoms with van der Waals surface area (Å²) in [7, 11) is 0. The Morgan fingerprint density at radius 1 is 1.32 bits per heavy atom. The molecule has 1 heterocycles. The van der Waals surface area contributed by atoms with Crippen LogP contribution in [-0.4, -0.2) is 39.7 Å². The Labute approximate surface area is 109 Å². The number of amides is 1. The molecule has 0 fully saturated rings. The number of carbonyl (C=O) groups is 2. The summed E-state index contributed by atoms with van der Waals surface area (Å²) in [6.45, 7) is -0.299. The van der Waals surface area contributed by atoms with Crippen molar-refractivity contribution in [2.75, 3.05) is 6.61 Å². The standard InChI is InChI=1S/C13H14N2O4/c16-6-4-10(13(18)19)15-12(17)9-2-1-8-3-5-14-11(8)7-9/h1-3,5,7,10,14,16H,4,6H2,(H,15,17)(H,18,19)/t10-/m0/s1. The molecular weight excluding hydrogens is 248 g/mol. The summed E-state index contributed by atoms with van der Waals surface area (Å²) in [6.07, 6.45) is 1.74. The minimum Gasteiger partial charge on any atom is -0.480 e. The van der Waals surface area contributed by atoms with Crippen molar-refractivity contribution in [2.24, 2.45) is 0 Å². The lowest BCUT2D eigenvalue weighted by Gasteiger charge is -2.13. The van der Waals surface area contributed by atoms with Crippen LogP contribution in [-0.2, 0) is 4.79 Å². The quantitative estimate of drug-likeness (QED) is 0.638. The molecule has 100 valence electrons. The van der Waals surface area contributed by atoms with Crippen LogP contribution in [0.3, 0.4) is 0 Å². The molecule has 4 N–H and O–H groups in total. The SMILES string of the molecule is O=C(N[C@@H](CCO)C(=O)O)c1ccc2cc[nH]c2c1. The fraction of sp³-hybridized carbons (Fsp3) is 0.231. The van der Waals surface area contributed by atoms with Gasteiger partial charge in [0, 0.05) is 30.3 Å². The van der Waals surface area contributed by atoms with Crippen molar-refractivity contribution >= 4 is 22.8 Å². The highest BCUT2D eigenvalue weighted by atomic mass is 16.4. The van der Waals surface area contributed by atoms with E-state index in [1.165, 1.54) is 0 Å². The largest absolute Gasteiger partial charge is 0.480 e. The summed E-state index contributed by atoms with van der Waals surface area (Å²) in [5, 5.41) is 21.0. The van der Waals surface area contributed by atoms with E-state index in [9.17, 15) is 9.59 Å². The van der Waals surface area contributed by atoms with Gasteiger partial charge in [0.2, 0.25) is 0 Å². The third-order valence-corrected chi connectivity index (χ3v) is 2.84. The van der Waals surface area contributed by atoms with Gasteiger partial charge in [-0.3, -0.25) is 4.79 Å². The molecule has 0 spiro atoms. The van der Waals surface area contributed by atoms with Crippen molar-refractivity contribution in [3.05, 3.63) is 36.0 Å². The Kier molecular flexibility index (Phi) is 3.82. The zero-order valence-electron chi connectivity index (χ0n) is 10.1. The van der Waals surface area contributed by atoms with E-state index in [0.29, 0.717) is 5.56 Å². The van der Waals surface area contributed by atoms with Crippen molar-refractivity contribution < 1.29 is 19.8 Å². The van der Waals surface area contributed by atoms with Crippen LogP contribution >= 0.6 is 0 Å². The second-order valence-electron chi connectivity index (χ2n) is 4.16. The highest BCUT2D eigenvalue weighted by Crippen LogP contribution is 2.14. The molecule has 1 aromatic heterocycles. The van der Waals surface area contributed by atoms with Gasteiger partial charge >= 0.3 is 5.97 Å². The molecule has 0 saturated carbocycles. The van der Waals surface area contributed by atoms with Crippen molar-refractivity contribution in [3.63, 3.8) is 0 Å². The Balaban J connectivity index is 2.16. The lowest BCUT2D eigenvalue weighted by molar-refractivity contribution is -0.139. The van der Waals surface area contributed by atoms with Gasteiger partial charge in [0.1, 0.15) is 6.04 Å². The van der Waals surface area contributed by atoms with Crippen LogP contribution in [0.15, 0.2) is 30.5 Å². The third kappa shape index (κ3) is 2.92. The van der Waals surface area contributed by atoms with Crippen molar-refractivity contribution in [3.8, 4) is 0 Å². The number of H-pyrrole nitrogens is 1. The summed E-state index contributed by atoms with van der Waals surface area (Å²) >= 11 is 0. The van der Waals surface area contributed by atoms with E-state index in [1.807, 2.05) is 6.07 Å². The van der Waals surface area contributed by atoms with E-state index in [0.717, 1.165) is 10.9 Å². The monoisotopic (exact) mass is 262 g/mol. The molecule has 6 nitrogen and oxygen atoms in total. The number of carbonyl (C=O) groups excluding carboxylic acids is 1. The number of aliphatic carboxylic acids is 1. The van der Waals surface area contributed by atoms with Crippen LogP contribution in [0.2, 0.25) is 0 Å². The van der Waals surface area contributed by atoms with Gasteiger partial charge in [-0.15, -0.1) is 0 Å². The Morgan fingerprint density at radius 3 is 2.79 bits per heavy atom. The molecule has 0 aliphatic rings. The number of carboxylic acid groups (broad SMARTS) is 1. The molecule has 1 atom stereocenters. The van der Waals surface area contributed by atoms with Gasteiger partial charge in [0.05, 0.1) is 0 Å². The molecule has 2 rings (SSSR count). The first-order valence-corrected chi connectivity index (χ1v) is 5.83. The molecule has 0 aliphatic heterocycles. The van der Waals surface area contributed by atoms with Crippen LogP contribution in [0.5, 0.6) is 0 Å². The summed E-state index contributed by atoms with van der Waals surface area (Å²) in [4.78, 5) is 25.8. The van der Waals surface area contributed by atoms with Crippen molar-refractivity contribution in [1.82, 2.24) is 10.3 Å². The Hall–Kier alpha value is -2.34. The number of rotatable bonds is 5. The average Bonchev–Trinajstić information content (AvgIpc) is 2.85. The lowest BCUT2D eigenvalue weighted by atomic mass is 10.1. The maximum absolute atomic E-state index is 11.9. The Bertz CT molecular complexity index is 605. The van der Waals surface area contributed by atoms with E-state index in [-0.39, 0.29) is 13.0 Å². The number of nitrogens with one attached hydrogen (secondary N) is 2. The zero-order valence-corrected chi connectivity index (χ0v) is 10.1. The maximum atomic E-state index is 11.9. The molecule has 0 bridgehead atoms. The minimum absolute atomic E-state index is 0.0220. The number of benzene rings is 1. The second-order valence-corrected chi connectivity index (χ2v) is 4.16. The van der Waals surface area contributed by atoms with Gasteiger partial charge < -0.3 is 20.5 Å². The molecule has 6 heteroatoms. The maximum Gasteiger partial charge on any atom is 0.326 e. The van der Waals surface area contributed by atoms with E-state index >= 15 is 0 Å². The van der Waals surface area contributed by atoms with Gasteiger partial charge in [-0.25, -0.2) is 4.79 Å². The zero-order chi connectivity index (χ0) is 13.8. The predicted octanol–water partition coefficient (Wildman–Crippen LogP) is 0.733. The number of carboxylic acids is 1. The number of aromatic nitrogens is 1. The van der Waals surface area contributed by atoms with Gasteiger partial charge in [-0.2, -0.15) is 0 Å². The van der Waals surface area contributed by atoms with Crippen molar-refractivity contribution in [1.29, 1.82) is 0 Å². The van der Waals surface area contributed by atoms with E-state index in [1.54, 1.807) is 24.4 Å². The van der Waals surface area contributed by atoms with Gasteiger partial charge in [0.25, 0.3) is 5.91 Å². The lowest BCUT2D eigenvalue weighted by Crippen LogP contribution is -2.41. The number of hydrogen-bond acceptors (Lipinski definition) is 3. The molecule has 1 aromatic carbocycles. The molecule has 0 saturated heterocycles. The first kappa shape index (κ1) is 13.1. The molecule has 0 aliphatic carbocycles. The summed E-state index contributed by atoms with van der Waals surface area (Å²) in [6, 6.07) is 5.86. The topological polar surface area (TPSA) is 102 Å². The highest BCUT2D eigenvalue weighted by Gasteiger charge is 2.20. The van der Waals surface area contributed by atoms with E-state index in [4.69, 9.17) is 10.2 Å². The fourth-order valence-electron chi connectivity index (χ4n) is 1.82. The summed E-state index contributed by atoms with van der Waals surface area (Å²) < 4.78 is 0. The van der Waals surface area contributed by atoms with E-state index in [2.05, 4.69) is 10.3 Å². The normalized spacial score (nSPS) is 12.3. The minimum atomic E-state index is -1.16. The molecule has 2 aromatic rings. The third-order valence-electron chi connectivity index (χ3n) is 2.84. The molecule has 0 unspecified atom stereocenters. The van der Waals surface area contributed by atoms with Crippen LogP contribution < -0.4 is 5.32 Å². The van der Waals surface area contributed by atoms with Crippen molar-refractivity contribution in [2.45, 2.75) is 12.5 Å². The number of hydrogen-bond donors (Lipinski definition) is 4. The smallest absolute Gasteiger partial charge is 0.326 e. The van der Waals surface area contributed by atoms with Gasteiger partial charge in [-0.1, -0.05) is 6.07 Å². The predicted molar refractivity (Wildman–Crippen MR) is 68.9 cm³/mol. The van der Waals surface area contributed by atoms with Gasteiger partial charge in [-0.05, 0) is 23.6 Å². The molecule has 19 heavy (non-hydrogen) atoms. The van der Waals surface area contributed by atoms with Crippen LogP contribution in [0.4, 0.5) is 0 Å².